The van der Waals surface area contributed by atoms with E-state index in [0.717, 1.165) is 36.1 Å². The molecular formula is C18H15ClN4O2S. The average Bonchev–Trinajstić information content (AvgIpc) is 2.98. The Bertz CT molecular complexity index is 930. The molecule has 1 heterocycles. The summed E-state index contributed by atoms with van der Waals surface area (Å²) >= 11 is 7.23. The lowest BCUT2D eigenvalue weighted by molar-refractivity contribution is -0.136. The first-order chi connectivity index (χ1) is 12.6. The number of carbonyl (C=O) groups is 2. The van der Waals surface area contributed by atoms with Crippen LogP contribution in [-0.2, 0) is 22.4 Å². The van der Waals surface area contributed by atoms with E-state index in [4.69, 9.17) is 11.6 Å². The second kappa shape index (κ2) is 8.13. The maximum absolute atomic E-state index is 12.1. The molecule has 0 spiro atoms. The molecule has 0 bridgehead atoms. The summed E-state index contributed by atoms with van der Waals surface area (Å²) in [5.41, 5.74) is 4.32. The van der Waals surface area contributed by atoms with E-state index in [0.29, 0.717) is 21.2 Å². The summed E-state index contributed by atoms with van der Waals surface area (Å²) in [4.78, 5) is 25.1. The van der Waals surface area contributed by atoms with Gasteiger partial charge >= 0.3 is 11.8 Å². The van der Waals surface area contributed by atoms with Gasteiger partial charge in [-0.2, -0.15) is 10.4 Å². The molecular weight excluding hydrogens is 372 g/mol. The van der Waals surface area contributed by atoms with E-state index in [9.17, 15) is 14.9 Å². The number of aryl methyl sites for hydroxylation is 1. The number of halogens is 1. The zero-order valence-corrected chi connectivity index (χ0v) is 15.3. The Morgan fingerprint density at radius 3 is 2.85 bits per heavy atom. The minimum atomic E-state index is -0.904. The molecule has 132 valence electrons. The third-order valence-electron chi connectivity index (χ3n) is 3.94. The SMILES string of the molecule is N#Cc1c(NC(=O)C(=O)N/N=C/c2cccc(Cl)c2)sc2c1CCCC2. The van der Waals surface area contributed by atoms with Crippen LogP contribution in [-0.4, -0.2) is 18.0 Å². The van der Waals surface area contributed by atoms with Gasteiger partial charge in [-0.3, -0.25) is 9.59 Å². The molecule has 2 aromatic rings. The van der Waals surface area contributed by atoms with E-state index in [2.05, 4.69) is 21.9 Å². The lowest BCUT2D eigenvalue weighted by Gasteiger charge is -2.09. The minimum absolute atomic E-state index is 0.429. The van der Waals surface area contributed by atoms with Gasteiger partial charge in [-0.15, -0.1) is 11.3 Å². The number of nitriles is 1. The smallest absolute Gasteiger partial charge is 0.308 e. The Morgan fingerprint density at radius 1 is 1.27 bits per heavy atom. The van der Waals surface area contributed by atoms with E-state index < -0.39 is 11.8 Å². The van der Waals surface area contributed by atoms with Gasteiger partial charge in [-0.05, 0) is 48.9 Å². The number of hydrazone groups is 1. The fourth-order valence-electron chi connectivity index (χ4n) is 2.74. The number of hydrogen-bond donors (Lipinski definition) is 2. The number of amides is 2. The molecule has 3 rings (SSSR count). The molecule has 26 heavy (non-hydrogen) atoms. The molecule has 6 nitrogen and oxygen atoms in total. The molecule has 0 aliphatic heterocycles. The van der Waals surface area contributed by atoms with E-state index in [1.165, 1.54) is 17.6 Å². The molecule has 2 amide bonds. The van der Waals surface area contributed by atoms with Gasteiger partial charge in [0.15, 0.2) is 0 Å². The molecule has 1 aromatic heterocycles. The standard InChI is InChI=1S/C18H15ClN4O2S/c19-12-5-3-4-11(8-12)10-21-23-17(25)16(24)22-18-14(9-20)13-6-1-2-7-15(13)26-18/h3-5,8,10H,1-2,6-7H2,(H,22,24)(H,23,25)/b21-10+. The van der Waals surface area contributed by atoms with E-state index in [-0.39, 0.29) is 0 Å². The Labute approximate surface area is 159 Å². The molecule has 0 saturated heterocycles. The van der Waals surface area contributed by atoms with Gasteiger partial charge in [0, 0.05) is 9.90 Å². The maximum Gasteiger partial charge on any atom is 0.329 e. The fourth-order valence-corrected chi connectivity index (χ4v) is 4.17. The molecule has 2 N–H and O–H groups in total. The van der Waals surface area contributed by atoms with Crippen molar-refractivity contribution in [1.29, 1.82) is 5.26 Å². The normalized spacial score (nSPS) is 13.1. The lowest BCUT2D eigenvalue weighted by Crippen LogP contribution is -2.32. The van der Waals surface area contributed by atoms with Gasteiger partial charge in [-0.1, -0.05) is 23.7 Å². The first-order valence-electron chi connectivity index (χ1n) is 8.03. The van der Waals surface area contributed by atoms with E-state index >= 15 is 0 Å². The fraction of sp³-hybridized carbons (Fsp3) is 0.222. The molecule has 0 atom stereocenters. The van der Waals surface area contributed by atoms with Crippen molar-refractivity contribution in [3.05, 3.63) is 50.9 Å². The van der Waals surface area contributed by atoms with Crippen molar-refractivity contribution in [2.24, 2.45) is 5.10 Å². The van der Waals surface area contributed by atoms with Crippen molar-refractivity contribution in [1.82, 2.24) is 5.43 Å². The van der Waals surface area contributed by atoms with Gasteiger partial charge in [-0.25, -0.2) is 5.43 Å². The number of thiophene rings is 1. The Morgan fingerprint density at radius 2 is 2.08 bits per heavy atom. The number of nitrogens with one attached hydrogen (secondary N) is 2. The van der Waals surface area contributed by atoms with E-state index in [1.54, 1.807) is 24.3 Å². The van der Waals surface area contributed by atoms with Crippen molar-refractivity contribution >= 4 is 46.0 Å². The second-order valence-electron chi connectivity index (χ2n) is 5.74. The van der Waals surface area contributed by atoms with Crippen LogP contribution in [0, 0.1) is 11.3 Å². The number of anilines is 1. The first-order valence-corrected chi connectivity index (χ1v) is 9.22. The molecule has 0 radical (unpaired) electrons. The summed E-state index contributed by atoms with van der Waals surface area (Å²) in [6.07, 6.45) is 5.23. The highest BCUT2D eigenvalue weighted by Crippen LogP contribution is 2.37. The van der Waals surface area contributed by atoms with Gasteiger partial charge in [0.2, 0.25) is 0 Å². The quantitative estimate of drug-likeness (QED) is 0.481. The monoisotopic (exact) mass is 386 g/mol. The largest absolute Gasteiger partial charge is 0.329 e. The average molecular weight is 387 g/mol. The van der Waals surface area contributed by atoms with Crippen LogP contribution in [0.1, 0.15) is 34.4 Å². The van der Waals surface area contributed by atoms with Crippen LogP contribution < -0.4 is 10.7 Å². The molecule has 0 fully saturated rings. The van der Waals surface area contributed by atoms with E-state index in [1.807, 2.05) is 0 Å². The van der Waals surface area contributed by atoms with Crippen LogP contribution in [0.15, 0.2) is 29.4 Å². The van der Waals surface area contributed by atoms with Crippen molar-refractivity contribution in [3.8, 4) is 6.07 Å². The molecule has 1 aromatic carbocycles. The predicted molar refractivity (Wildman–Crippen MR) is 101 cm³/mol. The molecule has 8 heteroatoms. The number of carbonyl (C=O) groups excluding carboxylic acids is 2. The van der Waals surface area contributed by atoms with Crippen LogP contribution in [0.4, 0.5) is 5.00 Å². The number of hydrogen-bond acceptors (Lipinski definition) is 5. The summed E-state index contributed by atoms with van der Waals surface area (Å²) in [5.74, 6) is -1.76. The zero-order valence-electron chi connectivity index (χ0n) is 13.7. The van der Waals surface area contributed by atoms with Crippen molar-refractivity contribution in [2.45, 2.75) is 25.7 Å². The summed E-state index contributed by atoms with van der Waals surface area (Å²) in [6, 6.07) is 9.04. The zero-order chi connectivity index (χ0) is 18.5. The highest BCUT2D eigenvalue weighted by molar-refractivity contribution is 7.16. The van der Waals surface area contributed by atoms with Crippen LogP contribution in [0.2, 0.25) is 5.02 Å². The van der Waals surface area contributed by atoms with Crippen LogP contribution in [0.5, 0.6) is 0 Å². The van der Waals surface area contributed by atoms with Gasteiger partial charge in [0.25, 0.3) is 0 Å². The number of fused-ring (bicyclic) bond motifs is 1. The molecule has 0 unspecified atom stereocenters. The summed E-state index contributed by atoms with van der Waals surface area (Å²) in [5, 5.41) is 16.6. The number of rotatable bonds is 3. The summed E-state index contributed by atoms with van der Waals surface area (Å²) in [6.45, 7) is 0. The number of benzene rings is 1. The third-order valence-corrected chi connectivity index (χ3v) is 5.39. The molecule has 1 aliphatic carbocycles. The van der Waals surface area contributed by atoms with Gasteiger partial charge in [0.05, 0.1) is 11.8 Å². The minimum Gasteiger partial charge on any atom is -0.308 e. The molecule has 1 aliphatic rings. The first kappa shape index (κ1) is 18.1. The molecule has 0 saturated carbocycles. The van der Waals surface area contributed by atoms with Gasteiger partial charge in [0.1, 0.15) is 11.1 Å². The van der Waals surface area contributed by atoms with Crippen molar-refractivity contribution < 1.29 is 9.59 Å². The highest BCUT2D eigenvalue weighted by Gasteiger charge is 2.23. The van der Waals surface area contributed by atoms with Crippen molar-refractivity contribution in [2.75, 3.05) is 5.32 Å². The Balaban J connectivity index is 1.64. The third kappa shape index (κ3) is 4.10. The van der Waals surface area contributed by atoms with Crippen LogP contribution in [0.25, 0.3) is 0 Å². The predicted octanol–water partition coefficient (Wildman–Crippen LogP) is 3.24. The van der Waals surface area contributed by atoms with Gasteiger partial charge < -0.3 is 5.32 Å². The second-order valence-corrected chi connectivity index (χ2v) is 7.28. The van der Waals surface area contributed by atoms with Crippen LogP contribution in [0.3, 0.4) is 0 Å². The highest BCUT2D eigenvalue weighted by atomic mass is 35.5. The number of nitrogens with zero attached hydrogens (tertiary/aromatic N) is 2. The van der Waals surface area contributed by atoms with Crippen LogP contribution >= 0.6 is 22.9 Å². The summed E-state index contributed by atoms with van der Waals surface area (Å²) < 4.78 is 0. The lowest BCUT2D eigenvalue weighted by atomic mass is 9.96. The maximum atomic E-state index is 12.1. The van der Waals surface area contributed by atoms with Crippen molar-refractivity contribution in [3.63, 3.8) is 0 Å². The Hall–Kier alpha value is -2.69. The summed E-state index contributed by atoms with van der Waals surface area (Å²) in [7, 11) is 0. The Kier molecular flexibility index (Phi) is 5.66. The topological polar surface area (TPSA) is 94.4 Å².